The molecule has 8 nitrogen and oxygen atoms in total. The highest BCUT2D eigenvalue weighted by Gasteiger charge is 2.36. The number of piperidine rings is 1. The smallest absolute Gasteiger partial charge is 0.272 e. The molecule has 2 aromatic rings. The Balaban J connectivity index is 1.42. The van der Waals surface area contributed by atoms with E-state index in [-0.39, 0.29) is 29.3 Å². The van der Waals surface area contributed by atoms with Gasteiger partial charge in [-0.15, -0.1) is 11.3 Å². The van der Waals surface area contributed by atoms with Gasteiger partial charge in [0, 0.05) is 41.6 Å². The third kappa shape index (κ3) is 4.29. The quantitative estimate of drug-likeness (QED) is 0.594. The first-order valence-electron chi connectivity index (χ1n) is 9.73. The van der Waals surface area contributed by atoms with Gasteiger partial charge in [-0.2, -0.15) is 0 Å². The van der Waals surface area contributed by atoms with Crippen LogP contribution in [0.5, 0.6) is 0 Å². The van der Waals surface area contributed by atoms with Gasteiger partial charge in [0.05, 0.1) is 16.5 Å². The Morgan fingerprint density at radius 3 is 2.79 bits per heavy atom. The molecule has 0 radical (unpaired) electrons. The number of thiazole rings is 1. The largest absolute Gasteiger partial charge is 0.342 e. The Bertz CT molecular complexity index is 969. The van der Waals surface area contributed by atoms with Crippen molar-refractivity contribution in [1.29, 1.82) is 0 Å². The lowest BCUT2D eigenvalue weighted by molar-refractivity contribution is -0.385. The number of rotatable bonds is 5. The zero-order valence-electron chi connectivity index (χ0n) is 16.1. The molecule has 2 amide bonds. The molecule has 1 aliphatic heterocycles. The van der Waals surface area contributed by atoms with Crippen molar-refractivity contribution in [2.45, 2.75) is 32.6 Å². The van der Waals surface area contributed by atoms with Gasteiger partial charge < -0.3 is 10.2 Å². The van der Waals surface area contributed by atoms with Crippen molar-refractivity contribution < 1.29 is 14.5 Å². The van der Waals surface area contributed by atoms with E-state index >= 15 is 0 Å². The maximum absolute atomic E-state index is 12.7. The first-order chi connectivity index (χ1) is 13.9. The third-order valence-electron chi connectivity index (χ3n) is 5.47. The van der Waals surface area contributed by atoms with Gasteiger partial charge in [-0.3, -0.25) is 19.7 Å². The maximum atomic E-state index is 12.7. The highest BCUT2D eigenvalue weighted by atomic mass is 32.1. The maximum Gasteiger partial charge on any atom is 0.272 e. The van der Waals surface area contributed by atoms with Gasteiger partial charge in [0.1, 0.15) is 0 Å². The van der Waals surface area contributed by atoms with Crippen LogP contribution >= 0.6 is 11.3 Å². The topological polar surface area (TPSA) is 105 Å². The molecule has 1 aromatic carbocycles. The minimum Gasteiger partial charge on any atom is -0.342 e. The van der Waals surface area contributed by atoms with Crippen molar-refractivity contribution in [2.75, 3.05) is 18.4 Å². The lowest BCUT2D eigenvalue weighted by Crippen LogP contribution is -2.44. The predicted molar refractivity (Wildman–Crippen MR) is 110 cm³/mol. The molecule has 1 unspecified atom stereocenters. The normalized spacial score (nSPS) is 19.1. The molecule has 1 aromatic heterocycles. The molecule has 2 fully saturated rings. The predicted octanol–water partition coefficient (Wildman–Crippen LogP) is 3.61. The first-order valence-corrected chi connectivity index (χ1v) is 10.6. The minimum absolute atomic E-state index is 0.0451. The zero-order valence-corrected chi connectivity index (χ0v) is 16.9. The van der Waals surface area contributed by atoms with Crippen LogP contribution in [0.3, 0.4) is 0 Å². The van der Waals surface area contributed by atoms with E-state index in [2.05, 4.69) is 10.3 Å². The molecule has 9 heteroatoms. The molecule has 152 valence electrons. The summed E-state index contributed by atoms with van der Waals surface area (Å²) in [6.45, 7) is 2.88. The molecule has 1 N–H and O–H groups in total. The Kier molecular flexibility index (Phi) is 5.31. The summed E-state index contributed by atoms with van der Waals surface area (Å²) >= 11 is 1.28. The van der Waals surface area contributed by atoms with Crippen LogP contribution in [-0.2, 0) is 9.59 Å². The van der Waals surface area contributed by atoms with Gasteiger partial charge in [0.25, 0.3) is 5.69 Å². The number of nitrogens with one attached hydrogen (secondary N) is 1. The number of anilines is 1. The van der Waals surface area contributed by atoms with E-state index in [0.717, 1.165) is 32.2 Å². The van der Waals surface area contributed by atoms with Crippen molar-refractivity contribution in [3.05, 3.63) is 39.3 Å². The van der Waals surface area contributed by atoms with E-state index in [1.165, 1.54) is 17.4 Å². The standard InChI is InChI=1S/C20H22N4O4S/c1-12-4-5-14(9-17(12)24(27)28)16-11-29-20(21-16)22-18(25)15-3-2-8-23(10-15)19(26)13-6-7-13/h4-5,9,11,13,15H,2-3,6-8,10H2,1H3,(H,21,22,25). The number of benzene rings is 1. The Morgan fingerprint density at radius 1 is 1.28 bits per heavy atom. The highest BCUT2D eigenvalue weighted by molar-refractivity contribution is 7.14. The number of nitro benzene ring substituents is 1. The SMILES string of the molecule is Cc1ccc(-c2csc(NC(=O)C3CCCN(C(=O)C4CC4)C3)n2)cc1[N+](=O)[O-]. The van der Waals surface area contributed by atoms with Crippen molar-refractivity contribution in [1.82, 2.24) is 9.88 Å². The summed E-state index contributed by atoms with van der Waals surface area (Å²) < 4.78 is 0. The van der Waals surface area contributed by atoms with E-state index in [1.54, 1.807) is 24.4 Å². The Labute approximate surface area is 172 Å². The van der Waals surface area contributed by atoms with E-state index in [9.17, 15) is 19.7 Å². The average Bonchev–Trinajstić information content (AvgIpc) is 3.47. The molecule has 1 atom stereocenters. The number of hydrogen-bond acceptors (Lipinski definition) is 6. The van der Waals surface area contributed by atoms with Gasteiger partial charge in [-0.05, 0) is 32.6 Å². The van der Waals surface area contributed by atoms with Crippen LogP contribution in [0, 0.1) is 28.9 Å². The van der Waals surface area contributed by atoms with Gasteiger partial charge in [-0.25, -0.2) is 4.98 Å². The van der Waals surface area contributed by atoms with Crippen LogP contribution in [0.25, 0.3) is 11.3 Å². The summed E-state index contributed by atoms with van der Waals surface area (Å²) in [5.74, 6) is -0.0229. The van der Waals surface area contributed by atoms with Crippen molar-refractivity contribution >= 4 is 34.0 Å². The second kappa shape index (κ2) is 7.90. The van der Waals surface area contributed by atoms with Crippen LogP contribution in [0.2, 0.25) is 0 Å². The van der Waals surface area contributed by atoms with Gasteiger partial charge in [0.2, 0.25) is 11.8 Å². The summed E-state index contributed by atoms with van der Waals surface area (Å²) in [5.41, 5.74) is 1.86. The van der Waals surface area contributed by atoms with Crippen LogP contribution in [0.4, 0.5) is 10.8 Å². The molecular weight excluding hydrogens is 392 g/mol. The molecule has 1 aliphatic carbocycles. The molecule has 0 bridgehead atoms. The molecule has 29 heavy (non-hydrogen) atoms. The van der Waals surface area contributed by atoms with Gasteiger partial charge in [-0.1, -0.05) is 12.1 Å². The summed E-state index contributed by atoms with van der Waals surface area (Å²) in [5, 5.41) is 16.2. The number of carbonyl (C=O) groups excluding carboxylic acids is 2. The third-order valence-corrected chi connectivity index (χ3v) is 6.22. The number of nitro groups is 1. The molecular formula is C20H22N4O4S. The minimum atomic E-state index is -0.411. The number of aryl methyl sites for hydroxylation is 1. The molecule has 1 saturated heterocycles. The number of carbonyl (C=O) groups is 2. The van der Waals surface area contributed by atoms with Crippen molar-refractivity contribution in [3.63, 3.8) is 0 Å². The number of aromatic nitrogens is 1. The summed E-state index contributed by atoms with van der Waals surface area (Å²) in [6.07, 6.45) is 3.51. The second-order valence-electron chi connectivity index (χ2n) is 7.68. The second-order valence-corrected chi connectivity index (χ2v) is 8.54. The van der Waals surface area contributed by atoms with E-state index in [4.69, 9.17) is 0 Å². The average molecular weight is 414 g/mol. The fraction of sp³-hybridized carbons (Fsp3) is 0.450. The molecule has 2 heterocycles. The van der Waals surface area contributed by atoms with Crippen LogP contribution < -0.4 is 5.32 Å². The van der Waals surface area contributed by atoms with E-state index < -0.39 is 4.92 Å². The fourth-order valence-electron chi connectivity index (χ4n) is 3.62. The highest BCUT2D eigenvalue weighted by Crippen LogP contribution is 2.33. The molecule has 1 saturated carbocycles. The molecule has 0 spiro atoms. The van der Waals surface area contributed by atoms with Crippen LogP contribution in [-0.4, -0.2) is 39.7 Å². The monoisotopic (exact) mass is 414 g/mol. The number of hydrogen-bond donors (Lipinski definition) is 1. The number of amides is 2. The van der Waals surface area contributed by atoms with Gasteiger partial charge in [0.15, 0.2) is 5.13 Å². The Hall–Kier alpha value is -2.81. The zero-order chi connectivity index (χ0) is 20.5. The van der Waals surface area contributed by atoms with E-state index in [1.807, 2.05) is 4.90 Å². The number of likely N-dealkylation sites (tertiary alicyclic amines) is 1. The van der Waals surface area contributed by atoms with Crippen LogP contribution in [0.15, 0.2) is 23.6 Å². The Morgan fingerprint density at radius 2 is 2.07 bits per heavy atom. The molecule has 4 rings (SSSR count). The lowest BCUT2D eigenvalue weighted by atomic mass is 9.97. The summed E-state index contributed by atoms with van der Waals surface area (Å²) in [7, 11) is 0. The van der Waals surface area contributed by atoms with Gasteiger partial charge >= 0.3 is 0 Å². The van der Waals surface area contributed by atoms with Crippen molar-refractivity contribution in [2.24, 2.45) is 11.8 Å². The van der Waals surface area contributed by atoms with Crippen LogP contribution in [0.1, 0.15) is 31.2 Å². The molecule has 2 aliphatic rings. The summed E-state index contributed by atoms with van der Waals surface area (Å²) in [4.78, 5) is 42.0. The van der Waals surface area contributed by atoms with Crippen molar-refractivity contribution in [3.8, 4) is 11.3 Å². The lowest BCUT2D eigenvalue weighted by Gasteiger charge is -2.32. The fourth-order valence-corrected chi connectivity index (χ4v) is 4.34. The number of nitrogens with zero attached hydrogens (tertiary/aromatic N) is 3. The first kappa shape index (κ1) is 19.5. The van der Waals surface area contributed by atoms with E-state index in [0.29, 0.717) is 28.5 Å². The summed E-state index contributed by atoms with van der Waals surface area (Å²) in [6, 6.07) is 4.97.